The van der Waals surface area contributed by atoms with Gasteiger partial charge in [0, 0.05) is 17.0 Å². The molecule has 0 aliphatic rings. The second-order valence-corrected chi connectivity index (χ2v) is 8.10. The van der Waals surface area contributed by atoms with Gasteiger partial charge in [0.15, 0.2) is 5.16 Å². The topological polar surface area (TPSA) is 73.8 Å². The van der Waals surface area contributed by atoms with Crippen molar-refractivity contribution in [3.63, 3.8) is 0 Å². The predicted molar refractivity (Wildman–Crippen MR) is 113 cm³/mol. The second kappa shape index (κ2) is 8.12. The summed E-state index contributed by atoms with van der Waals surface area (Å²) in [7, 11) is 0. The van der Waals surface area contributed by atoms with E-state index in [4.69, 9.17) is 9.40 Å². The monoisotopic (exact) mass is 410 g/mol. The van der Waals surface area contributed by atoms with Crippen LogP contribution in [0, 0.1) is 0 Å². The van der Waals surface area contributed by atoms with E-state index in [9.17, 15) is 4.79 Å². The van der Waals surface area contributed by atoms with Crippen LogP contribution in [-0.2, 0) is 18.7 Å². The summed E-state index contributed by atoms with van der Waals surface area (Å²) in [5, 5.41) is 9.51. The van der Waals surface area contributed by atoms with Gasteiger partial charge in [-0.25, -0.2) is 4.98 Å². The zero-order valence-corrected chi connectivity index (χ0v) is 16.9. The summed E-state index contributed by atoms with van der Waals surface area (Å²) >= 11 is 2.97. The Labute approximate surface area is 170 Å². The minimum Gasteiger partial charge on any atom is -0.420 e. The number of hydrogen-bond donors (Lipinski definition) is 0. The van der Waals surface area contributed by atoms with Crippen LogP contribution in [0.4, 0.5) is 0 Å². The number of thioether (sulfide) groups is 1. The molecule has 0 spiro atoms. The molecule has 0 unspecified atom stereocenters. The molecule has 0 saturated heterocycles. The first-order valence-corrected chi connectivity index (χ1v) is 10.6. The summed E-state index contributed by atoms with van der Waals surface area (Å²) < 4.78 is 7.39. The average Bonchev–Trinajstić information content (AvgIpc) is 3.36. The third-order valence-electron chi connectivity index (χ3n) is 4.14. The van der Waals surface area contributed by atoms with Crippen LogP contribution in [0.1, 0.15) is 17.7 Å². The highest BCUT2D eigenvalue weighted by atomic mass is 32.2. The van der Waals surface area contributed by atoms with Crippen molar-refractivity contribution in [2.24, 2.45) is 0 Å². The summed E-state index contributed by atoms with van der Waals surface area (Å²) in [5.41, 5.74) is 0.832. The first kappa shape index (κ1) is 18.6. The molecule has 1 aromatic carbocycles. The molecule has 0 saturated carbocycles. The first-order valence-electron chi connectivity index (χ1n) is 8.84. The summed E-state index contributed by atoms with van der Waals surface area (Å²) in [4.78, 5) is 19.5. The van der Waals surface area contributed by atoms with Gasteiger partial charge in [0.25, 0.3) is 5.56 Å². The molecule has 0 aliphatic heterocycles. The van der Waals surface area contributed by atoms with Crippen molar-refractivity contribution >= 4 is 33.3 Å². The molecule has 3 aromatic heterocycles. The Morgan fingerprint density at radius 1 is 1.29 bits per heavy atom. The molecule has 0 bridgehead atoms. The fraction of sp³-hybridized carbons (Fsp3) is 0.200. The minimum atomic E-state index is -0.0427. The molecule has 4 rings (SSSR count). The van der Waals surface area contributed by atoms with E-state index in [0.717, 1.165) is 21.7 Å². The number of allylic oxidation sites excluding steroid dienone is 1. The summed E-state index contributed by atoms with van der Waals surface area (Å²) in [6, 6.07) is 11.6. The maximum absolute atomic E-state index is 12.9. The third kappa shape index (κ3) is 3.65. The zero-order chi connectivity index (χ0) is 19.5. The summed E-state index contributed by atoms with van der Waals surface area (Å²) in [6.45, 7) is 6.24. The van der Waals surface area contributed by atoms with Gasteiger partial charge < -0.3 is 4.42 Å². The summed E-state index contributed by atoms with van der Waals surface area (Å²) in [5.74, 6) is 1.40. The largest absolute Gasteiger partial charge is 0.420 e. The number of benzene rings is 1. The molecule has 8 heteroatoms. The highest BCUT2D eigenvalue weighted by Crippen LogP contribution is 2.27. The first-order chi connectivity index (χ1) is 13.7. The van der Waals surface area contributed by atoms with Crippen molar-refractivity contribution in [3.8, 4) is 11.5 Å². The van der Waals surface area contributed by atoms with Gasteiger partial charge in [-0.2, -0.15) is 0 Å². The van der Waals surface area contributed by atoms with E-state index in [-0.39, 0.29) is 5.56 Å². The molecular weight excluding hydrogens is 392 g/mol. The van der Waals surface area contributed by atoms with Gasteiger partial charge in [0.05, 0.1) is 11.1 Å². The molecule has 0 aliphatic carbocycles. The maximum Gasteiger partial charge on any atom is 0.263 e. The van der Waals surface area contributed by atoms with Gasteiger partial charge >= 0.3 is 0 Å². The molecule has 0 atom stereocenters. The number of fused-ring (bicyclic) bond motifs is 1. The number of thiophene rings is 1. The molecule has 28 heavy (non-hydrogen) atoms. The maximum atomic E-state index is 12.9. The Hall–Kier alpha value is -2.71. The van der Waals surface area contributed by atoms with Gasteiger partial charge in [-0.05, 0) is 24.6 Å². The van der Waals surface area contributed by atoms with Crippen LogP contribution in [0.2, 0.25) is 0 Å². The predicted octanol–water partition coefficient (Wildman–Crippen LogP) is 4.55. The number of aryl methyl sites for hydroxylation is 1. The SMILES string of the molecule is C=CCn1c(SCc2nnc(-c3ccccc3)o2)nc2sc(CC)cc2c1=O. The standard InChI is InChI=1S/C20H18N4O2S2/c1-3-10-24-19(25)15-11-14(4-2)28-18(15)21-20(24)27-12-16-22-23-17(26-16)13-8-6-5-7-9-13/h3,5-9,11H,1,4,10,12H2,2H3. The Bertz CT molecular complexity index is 1180. The molecule has 4 aromatic rings. The van der Waals surface area contributed by atoms with Gasteiger partial charge in [0.1, 0.15) is 4.83 Å². The molecule has 0 radical (unpaired) electrons. The lowest BCUT2D eigenvalue weighted by molar-refractivity contribution is 0.528. The minimum absolute atomic E-state index is 0.0427. The van der Waals surface area contributed by atoms with Gasteiger partial charge in [0.2, 0.25) is 11.8 Å². The molecule has 0 N–H and O–H groups in total. The fourth-order valence-electron chi connectivity index (χ4n) is 2.76. The average molecular weight is 411 g/mol. The Kier molecular flexibility index (Phi) is 5.40. The third-order valence-corrected chi connectivity index (χ3v) is 6.27. The molecule has 3 heterocycles. The molecular formula is C20H18N4O2S2. The van der Waals surface area contributed by atoms with Gasteiger partial charge in [-0.1, -0.05) is 43.0 Å². The van der Waals surface area contributed by atoms with Crippen LogP contribution in [0.15, 0.2) is 63.4 Å². The van der Waals surface area contributed by atoms with Gasteiger partial charge in [-0.15, -0.1) is 28.1 Å². The lowest BCUT2D eigenvalue weighted by Gasteiger charge is -2.08. The number of rotatable bonds is 7. The lowest BCUT2D eigenvalue weighted by atomic mass is 10.2. The van der Waals surface area contributed by atoms with E-state index in [1.54, 1.807) is 22.0 Å². The van der Waals surface area contributed by atoms with Crippen molar-refractivity contribution in [2.45, 2.75) is 30.8 Å². The second-order valence-electron chi connectivity index (χ2n) is 6.04. The fourth-order valence-corrected chi connectivity index (χ4v) is 4.61. The van der Waals surface area contributed by atoms with Crippen LogP contribution in [-0.4, -0.2) is 19.7 Å². The van der Waals surface area contributed by atoms with Crippen molar-refractivity contribution in [1.29, 1.82) is 0 Å². The lowest BCUT2D eigenvalue weighted by Crippen LogP contribution is -2.22. The molecule has 6 nitrogen and oxygen atoms in total. The van der Waals surface area contributed by atoms with E-state index in [2.05, 4.69) is 23.7 Å². The van der Waals surface area contributed by atoms with E-state index in [1.165, 1.54) is 11.8 Å². The quantitative estimate of drug-likeness (QED) is 0.253. The van der Waals surface area contributed by atoms with Gasteiger partial charge in [-0.3, -0.25) is 9.36 Å². The van der Waals surface area contributed by atoms with E-state index < -0.39 is 0 Å². The Balaban J connectivity index is 1.62. The smallest absolute Gasteiger partial charge is 0.263 e. The van der Waals surface area contributed by atoms with E-state index in [1.807, 2.05) is 36.4 Å². The van der Waals surface area contributed by atoms with Crippen LogP contribution in [0.5, 0.6) is 0 Å². The molecule has 0 amide bonds. The number of nitrogens with zero attached hydrogens (tertiary/aromatic N) is 4. The Morgan fingerprint density at radius 2 is 2.11 bits per heavy atom. The van der Waals surface area contributed by atoms with E-state index in [0.29, 0.717) is 34.6 Å². The summed E-state index contributed by atoms with van der Waals surface area (Å²) in [6.07, 6.45) is 2.58. The van der Waals surface area contributed by atoms with Crippen molar-refractivity contribution in [3.05, 3.63) is 70.2 Å². The van der Waals surface area contributed by atoms with Crippen LogP contribution < -0.4 is 5.56 Å². The normalized spacial score (nSPS) is 11.2. The van der Waals surface area contributed by atoms with Crippen LogP contribution in [0.3, 0.4) is 0 Å². The number of aromatic nitrogens is 4. The van der Waals surface area contributed by atoms with Crippen LogP contribution >= 0.6 is 23.1 Å². The number of hydrogen-bond acceptors (Lipinski definition) is 7. The molecule has 0 fully saturated rings. The van der Waals surface area contributed by atoms with E-state index >= 15 is 0 Å². The molecule has 142 valence electrons. The van der Waals surface area contributed by atoms with Crippen molar-refractivity contribution < 1.29 is 4.42 Å². The Morgan fingerprint density at radius 3 is 2.86 bits per heavy atom. The highest BCUT2D eigenvalue weighted by Gasteiger charge is 2.15. The van der Waals surface area contributed by atoms with Crippen molar-refractivity contribution in [2.75, 3.05) is 0 Å². The highest BCUT2D eigenvalue weighted by molar-refractivity contribution is 7.98. The zero-order valence-electron chi connectivity index (χ0n) is 15.3. The van der Waals surface area contributed by atoms with Crippen molar-refractivity contribution in [1.82, 2.24) is 19.7 Å². The van der Waals surface area contributed by atoms with Crippen LogP contribution in [0.25, 0.3) is 21.7 Å².